The highest BCUT2D eigenvalue weighted by molar-refractivity contribution is 8.01. The smallest absolute Gasteiger partial charge is 0.218 e. The zero-order valence-corrected chi connectivity index (χ0v) is 21.2. The SMILES string of the molecule is CC(C)(C)[Si](C)(C)OCC[C@]1(F)c2ccccc2S[C@@]12CN=C(c1ccc(Cl)cc1)O2. The Labute approximate surface area is 194 Å². The number of hydrogen-bond donors (Lipinski definition) is 0. The van der Waals surface area contributed by atoms with Crippen LogP contribution in [0.3, 0.4) is 0 Å². The van der Waals surface area contributed by atoms with Crippen molar-refractivity contribution in [3.8, 4) is 0 Å². The molecule has 0 aromatic heterocycles. The molecule has 2 aliphatic heterocycles. The van der Waals surface area contributed by atoms with E-state index in [4.69, 9.17) is 20.8 Å². The van der Waals surface area contributed by atoms with Crippen molar-refractivity contribution in [2.24, 2.45) is 4.99 Å². The number of fused-ring (bicyclic) bond motifs is 1. The van der Waals surface area contributed by atoms with Gasteiger partial charge in [-0.15, -0.1) is 0 Å². The Morgan fingerprint density at radius 2 is 1.84 bits per heavy atom. The largest absolute Gasteiger partial charge is 0.453 e. The lowest BCUT2D eigenvalue weighted by Crippen LogP contribution is -2.48. The topological polar surface area (TPSA) is 30.8 Å². The van der Waals surface area contributed by atoms with Crippen molar-refractivity contribution in [2.75, 3.05) is 13.2 Å². The quantitative estimate of drug-likeness (QED) is 0.426. The second-order valence-corrected chi connectivity index (χ2v) is 16.3. The lowest BCUT2D eigenvalue weighted by Gasteiger charge is -2.39. The fourth-order valence-corrected chi connectivity index (χ4v) is 6.37. The maximum absolute atomic E-state index is 17.0. The summed E-state index contributed by atoms with van der Waals surface area (Å²) in [5, 5.41) is 0.716. The molecule has 0 unspecified atom stereocenters. The highest BCUT2D eigenvalue weighted by Gasteiger charge is 2.64. The second-order valence-electron chi connectivity index (χ2n) is 9.74. The van der Waals surface area contributed by atoms with E-state index >= 15 is 4.39 Å². The summed E-state index contributed by atoms with van der Waals surface area (Å²) >= 11 is 7.45. The first kappa shape index (κ1) is 22.8. The van der Waals surface area contributed by atoms with Crippen molar-refractivity contribution < 1.29 is 13.6 Å². The lowest BCUT2D eigenvalue weighted by molar-refractivity contribution is -0.0227. The number of thioether (sulfide) groups is 1. The van der Waals surface area contributed by atoms with E-state index in [1.54, 1.807) is 12.1 Å². The average Bonchev–Trinajstić information content (AvgIpc) is 3.22. The van der Waals surface area contributed by atoms with Crippen LogP contribution in [0, 0.1) is 0 Å². The number of hydrogen-bond acceptors (Lipinski definition) is 4. The molecule has 0 fully saturated rings. The molecule has 166 valence electrons. The first-order valence-electron chi connectivity index (χ1n) is 10.6. The number of aliphatic imine (C=N–C) groups is 1. The van der Waals surface area contributed by atoms with Crippen molar-refractivity contribution in [3.63, 3.8) is 0 Å². The Morgan fingerprint density at radius 1 is 1.16 bits per heavy atom. The predicted molar refractivity (Wildman–Crippen MR) is 130 cm³/mol. The molecule has 4 rings (SSSR count). The van der Waals surface area contributed by atoms with Crippen LogP contribution in [0.2, 0.25) is 23.2 Å². The molecule has 3 nitrogen and oxygen atoms in total. The van der Waals surface area contributed by atoms with Crippen LogP contribution in [0.15, 0.2) is 58.4 Å². The highest BCUT2D eigenvalue weighted by atomic mass is 35.5. The normalized spacial score (nSPS) is 25.5. The van der Waals surface area contributed by atoms with Crippen molar-refractivity contribution in [1.82, 2.24) is 0 Å². The number of ether oxygens (including phenoxy) is 1. The summed E-state index contributed by atoms with van der Waals surface area (Å²) in [6.07, 6.45) is 0.229. The predicted octanol–water partition coefficient (Wildman–Crippen LogP) is 7.20. The number of rotatable bonds is 5. The lowest BCUT2D eigenvalue weighted by atomic mass is 9.87. The van der Waals surface area contributed by atoms with Gasteiger partial charge in [-0.25, -0.2) is 9.38 Å². The van der Waals surface area contributed by atoms with Gasteiger partial charge in [0.15, 0.2) is 14.0 Å². The minimum atomic E-state index is -1.98. The van der Waals surface area contributed by atoms with Crippen molar-refractivity contribution in [1.29, 1.82) is 0 Å². The Balaban J connectivity index is 1.60. The molecule has 2 aromatic carbocycles. The van der Waals surface area contributed by atoms with Gasteiger partial charge in [-0.3, -0.25) is 0 Å². The highest BCUT2D eigenvalue weighted by Crippen LogP contribution is 2.61. The summed E-state index contributed by atoms with van der Waals surface area (Å²) in [6, 6.07) is 14.9. The van der Waals surface area contributed by atoms with Gasteiger partial charge in [-0.05, 0) is 48.5 Å². The van der Waals surface area contributed by atoms with Crippen molar-refractivity contribution >= 4 is 37.6 Å². The van der Waals surface area contributed by atoms with Crippen LogP contribution >= 0.6 is 23.4 Å². The van der Waals surface area contributed by atoms with E-state index in [0.29, 0.717) is 23.1 Å². The van der Waals surface area contributed by atoms with E-state index in [0.717, 1.165) is 10.5 Å². The van der Waals surface area contributed by atoms with Gasteiger partial charge < -0.3 is 9.16 Å². The van der Waals surface area contributed by atoms with Crippen LogP contribution in [0.4, 0.5) is 4.39 Å². The Bertz CT molecular complexity index is 1010. The third-order valence-corrected chi connectivity index (χ3v) is 12.9. The maximum atomic E-state index is 17.0. The van der Waals surface area contributed by atoms with Gasteiger partial charge in [0, 0.05) is 34.1 Å². The van der Waals surface area contributed by atoms with Gasteiger partial charge in [-0.2, -0.15) is 0 Å². The van der Waals surface area contributed by atoms with E-state index in [1.165, 1.54) is 11.8 Å². The van der Waals surface area contributed by atoms with Crippen molar-refractivity contribution in [2.45, 2.75) is 60.8 Å². The summed E-state index contributed by atoms with van der Waals surface area (Å²) in [5.74, 6) is 0.462. The molecule has 0 amide bonds. The number of benzene rings is 2. The van der Waals surface area contributed by atoms with E-state index in [9.17, 15) is 0 Å². The van der Waals surface area contributed by atoms with Crippen LogP contribution < -0.4 is 0 Å². The molecule has 2 atom stereocenters. The van der Waals surface area contributed by atoms with Crippen molar-refractivity contribution in [3.05, 3.63) is 64.7 Å². The van der Waals surface area contributed by atoms with Gasteiger partial charge in [0.1, 0.15) is 0 Å². The van der Waals surface area contributed by atoms with Crippen LogP contribution in [0.1, 0.15) is 38.3 Å². The zero-order chi connectivity index (χ0) is 22.5. The molecule has 0 aliphatic carbocycles. The molecule has 0 bridgehead atoms. The van der Waals surface area contributed by atoms with Gasteiger partial charge >= 0.3 is 0 Å². The van der Waals surface area contributed by atoms with Gasteiger partial charge in [-0.1, -0.05) is 62.3 Å². The third-order valence-electron chi connectivity index (χ3n) is 6.69. The molecule has 2 aliphatic rings. The molecular weight excluding hydrogens is 449 g/mol. The Morgan fingerprint density at radius 3 is 2.52 bits per heavy atom. The van der Waals surface area contributed by atoms with E-state index in [2.05, 4.69) is 38.9 Å². The summed E-state index contributed by atoms with van der Waals surface area (Å²) in [5.41, 5.74) is -0.224. The summed E-state index contributed by atoms with van der Waals surface area (Å²) < 4.78 is 29.7. The summed E-state index contributed by atoms with van der Waals surface area (Å²) in [4.78, 5) is 4.39. The summed E-state index contributed by atoms with van der Waals surface area (Å²) in [7, 11) is -1.98. The summed E-state index contributed by atoms with van der Waals surface area (Å²) in [6.45, 7) is 11.6. The fraction of sp³-hybridized carbons (Fsp3) is 0.458. The molecular formula is C24H29ClFNO2SSi. The monoisotopic (exact) mass is 477 g/mol. The molecule has 0 saturated heterocycles. The molecule has 0 radical (unpaired) electrons. The standard InChI is InChI=1S/C24H29ClFNO2SSi/c1-22(2,3)31(4,5)28-15-14-23(26)19-8-6-7-9-20(19)30-24(23)16-27-21(29-24)17-10-12-18(25)13-11-17/h6-13H,14-16H2,1-5H3/t23-,24-/m0/s1. The first-order valence-corrected chi connectivity index (χ1v) is 14.7. The van der Waals surface area contributed by atoms with Gasteiger partial charge in [0.2, 0.25) is 10.8 Å². The second kappa shape index (κ2) is 7.91. The minimum absolute atomic E-state index is 0.0746. The molecule has 1 spiro atoms. The Kier molecular flexibility index (Phi) is 5.82. The molecule has 0 N–H and O–H groups in total. The van der Waals surface area contributed by atoms with Crippen LogP contribution in [-0.4, -0.2) is 32.3 Å². The minimum Gasteiger partial charge on any atom is -0.453 e. The molecule has 31 heavy (non-hydrogen) atoms. The molecule has 2 aromatic rings. The fourth-order valence-electron chi connectivity index (χ4n) is 3.73. The van der Waals surface area contributed by atoms with E-state index < -0.39 is 18.9 Å². The maximum Gasteiger partial charge on any atom is 0.218 e. The number of nitrogens with zero attached hydrogens (tertiary/aromatic N) is 1. The van der Waals surface area contributed by atoms with E-state index in [-0.39, 0.29) is 18.0 Å². The zero-order valence-electron chi connectivity index (χ0n) is 18.7. The van der Waals surface area contributed by atoms with Crippen LogP contribution in [-0.2, 0) is 14.8 Å². The average molecular weight is 478 g/mol. The number of halogens is 2. The Hall–Kier alpha value is -1.34. The van der Waals surface area contributed by atoms with Gasteiger partial charge in [0.25, 0.3) is 0 Å². The first-order chi connectivity index (χ1) is 14.5. The van der Waals surface area contributed by atoms with Crippen LogP contribution in [0.25, 0.3) is 0 Å². The molecule has 7 heteroatoms. The van der Waals surface area contributed by atoms with Gasteiger partial charge in [0.05, 0.1) is 6.54 Å². The van der Waals surface area contributed by atoms with Crippen LogP contribution in [0.5, 0.6) is 0 Å². The third kappa shape index (κ3) is 3.97. The molecule has 0 saturated carbocycles. The molecule has 2 heterocycles. The van der Waals surface area contributed by atoms with E-state index in [1.807, 2.05) is 36.4 Å². The number of alkyl halides is 1.